The van der Waals surface area contributed by atoms with Gasteiger partial charge in [0, 0.05) is 18.0 Å². The van der Waals surface area contributed by atoms with Crippen LogP contribution in [0.5, 0.6) is 0 Å². The van der Waals surface area contributed by atoms with Gasteiger partial charge >= 0.3 is 0 Å². The van der Waals surface area contributed by atoms with Gasteiger partial charge < -0.3 is 4.84 Å². The minimum absolute atomic E-state index is 0.547. The average molecular weight is 201 g/mol. The molecular formula is C13H15NO. The van der Waals surface area contributed by atoms with E-state index in [4.69, 9.17) is 4.84 Å². The monoisotopic (exact) mass is 201 g/mol. The molecule has 0 radical (unpaired) electrons. The second-order valence-electron chi connectivity index (χ2n) is 4.46. The van der Waals surface area contributed by atoms with Crippen molar-refractivity contribution in [3.05, 3.63) is 35.5 Å². The first-order chi connectivity index (χ1) is 7.27. The second kappa shape index (κ2) is 3.02. The highest BCUT2D eigenvalue weighted by atomic mass is 16.7. The zero-order valence-corrected chi connectivity index (χ0v) is 9.16. The van der Waals surface area contributed by atoms with E-state index in [2.05, 4.69) is 38.2 Å². The number of nitrogens with zero attached hydrogens (tertiary/aromatic N) is 1. The van der Waals surface area contributed by atoms with Gasteiger partial charge in [0.25, 0.3) is 0 Å². The second-order valence-corrected chi connectivity index (χ2v) is 4.46. The molecule has 0 amide bonds. The Morgan fingerprint density at radius 3 is 3.00 bits per heavy atom. The van der Waals surface area contributed by atoms with Crippen LogP contribution < -0.4 is 4.84 Å². The first-order valence-corrected chi connectivity index (χ1v) is 5.53. The molecule has 1 aliphatic heterocycles. The predicted octanol–water partition coefficient (Wildman–Crippen LogP) is 2.75. The van der Waals surface area contributed by atoms with Gasteiger partial charge in [0.15, 0.2) is 0 Å². The third kappa shape index (κ3) is 1.17. The molecule has 3 rings (SSSR count). The Balaban J connectivity index is 2.38. The zero-order valence-electron chi connectivity index (χ0n) is 9.16. The lowest BCUT2D eigenvalue weighted by Gasteiger charge is -2.15. The molecule has 0 spiro atoms. The molecule has 2 aromatic rings. The van der Waals surface area contributed by atoms with Crippen LogP contribution in [0, 0.1) is 0 Å². The maximum absolute atomic E-state index is 5.64. The summed E-state index contributed by atoms with van der Waals surface area (Å²) in [6.07, 6.45) is 3.16. The Labute approximate surface area is 89.4 Å². The molecule has 0 unspecified atom stereocenters. The normalized spacial score (nSPS) is 14.6. The lowest BCUT2D eigenvalue weighted by molar-refractivity contribution is 0.114. The Kier molecular flexibility index (Phi) is 1.78. The van der Waals surface area contributed by atoms with Crippen LogP contribution >= 0.6 is 0 Å². The molecule has 0 fully saturated rings. The van der Waals surface area contributed by atoms with Crippen molar-refractivity contribution in [1.82, 2.24) is 4.73 Å². The van der Waals surface area contributed by atoms with Crippen LogP contribution in [-0.4, -0.2) is 11.3 Å². The molecule has 1 aromatic heterocycles. The lowest BCUT2D eigenvalue weighted by atomic mass is 10.0. The quantitative estimate of drug-likeness (QED) is 0.692. The third-order valence-corrected chi connectivity index (χ3v) is 3.13. The van der Waals surface area contributed by atoms with Crippen molar-refractivity contribution in [2.45, 2.75) is 26.2 Å². The lowest BCUT2D eigenvalue weighted by Crippen LogP contribution is -2.19. The van der Waals surface area contributed by atoms with Crippen molar-refractivity contribution in [3.63, 3.8) is 0 Å². The molecular weight excluding hydrogens is 186 g/mol. The first-order valence-electron chi connectivity index (χ1n) is 5.53. The molecule has 78 valence electrons. The molecule has 0 aliphatic carbocycles. The van der Waals surface area contributed by atoms with E-state index in [1.807, 2.05) is 4.73 Å². The number of hydrogen-bond acceptors (Lipinski definition) is 1. The summed E-state index contributed by atoms with van der Waals surface area (Å²) in [7, 11) is 0. The van der Waals surface area contributed by atoms with Gasteiger partial charge in [-0.2, -0.15) is 4.73 Å². The summed E-state index contributed by atoms with van der Waals surface area (Å²) >= 11 is 0. The van der Waals surface area contributed by atoms with Gasteiger partial charge in [-0.25, -0.2) is 0 Å². The Bertz CT molecular complexity index is 510. The van der Waals surface area contributed by atoms with Crippen LogP contribution in [0.15, 0.2) is 24.4 Å². The van der Waals surface area contributed by atoms with E-state index in [1.54, 1.807) is 0 Å². The molecule has 0 saturated carbocycles. The van der Waals surface area contributed by atoms with Gasteiger partial charge in [0.1, 0.15) is 6.61 Å². The van der Waals surface area contributed by atoms with E-state index in [0.717, 1.165) is 13.0 Å². The zero-order chi connectivity index (χ0) is 10.4. The molecule has 2 nitrogen and oxygen atoms in total. The molecule has 0 N–H and O–H groups in total. The number of benzene rings is 1. The van der Waals surface area contributed by atoms with E-state index < -0.39 is 0 Å². The standard InChI is InChI=1S/C13H15NO/c1-9(2)12-8-14-13-10(6-7-15-14)4-3-5-11(12)13/h3-5,8-9H,6-7H2,1-2H3. The molecule has 2 heteroatoms. The SMILES string of the molecule is CC(C)c1cn2c3c(cccc13)CCO2. The molecule has 1 aromatic carbocycles. The van der Waals surface area contributed by atoms with Crippen molar-refractivity contribution in [2.24, 2.45) is 0 Å². The van der Waals surface area contributed by atoms with Gasteiger partial charge in [-0.1, -0.05) is 32.0 Å². The Morgan fingerprint density at radius 2 is 2.20 bits per heavy atom. The summed E-state index contributed by atoms with van der Waals surface area (Å²) in [5.41, 5.74) is 4.06. The summed E-state index contributed by atoms with van der Waals surface area (Å²) < 4.78 is 1.95. The van der Waals surface area contributed by atoms with Crippen LogP contribution in [0.3, 0.4) is 0 Å². The van der Waals surface area contributed by atoms with Crippen LogP contribution in [-0.2, 0) is 6.42 Å². The van der Waals surface area contributed by atoms with Crippen molar-refractivity contribution >= 4 is 10.9 Å². The van der Waals surface area contributed by atoms with Crippen LogP contribution in [0.4, 0.5) is 0 Å². The van der Waals surface area contributed by atoms with Crippen molar-refractivity contribution in [3.8, 4) is 0 Å². The minimum Gasteiger partial charge on any atom is -0.413 e. The van der Waals surface area contributed by atoms with E-state index in [-0.39, 0.29) is 0 Å². The molecule has 15 heavy (non-hydrogen) atoms. The predicted molar refractivity (Wildman–Crippen MR) is 61.2 cm³/mol. The van der Waals surface area contributed by atoms with Gasteiger partial charge in [0.2, 0.25) is 0 Å². The summed E-state index contributed by atoms with van der Waals surface area (Å²) in [6.45, 7) is 5.24. The fraction of sp³-hybridized carbons (Fsp3) is 0.385. The van der Waals surface area contributed by atoms with Gasteiger partial charge in [0.05, 0.1) is 5.52 Å². The summed E-state index contributed by atoms with van der Waals surface area (Å²) in [4.78, 5) is 5.64. The average Bonchev–Trinajstić information content (AvgIpc) is 2.61. The van der Waals surface area contributed by atoms with E-state index in [1.165, 1.54) is 22.0 Å². The minimum atomic E-state index is 0.547. The number of hydrogen-bond donors (Lipinski definition) is 0. The topological polar surface area (TPSA) is 14.2 Å². The fourth-order valence-corrected chi connectivity index (χ4v) is 2.36. The molecule has 0 atom stereocenters. The Morgan fingerprint density at radius 1 is 1.33 bits per heavy atom. The van der Waals surface area contributed by atoms with Crippen molar-refractivity contribution in [1.29, 1.82) is 0 Å². The summed E-state index contributed by atoms with van der Waals surface area (Å²) in [6, 6.07) is 6.55. The molecule has 0 bridgehead atoms. The highest BCUT2D eigenvalue weighted by Crippen LogP contribution is 2.30. The van der Waals surface area contributed by atoms with E-state index in [9.17, 15) is 0 Å². The molecule has 1 aliphatic rings. The van der Waals surface area contributed by atoms with Crippen molar-refractivity contribution < 1.29 is 4.84 Å². The van der Waals surface area contributed by atoms with Gasteiger partial charge in [-0.15, -0.1) is 0 Å². The van der Waals surface area contributed by atoms with Gasteiger partial charge in [-0.3, -0.25) is 0 Å². The summed E-state index contributed by atoms with van der Waals surface area (Å²) in [5.74, 6) is 0.547. The maximum Gasteiger partial charge on any atom is 0.119 e. The highest BCUT2D eigenvalue weighted by Gasteiger charge is 2.17. The van der Waals surface area contributed by atoms with E-state index >= 15 is 0 Å². The maximum atomic E-state index is 5.64. The smallest absolute Gasteiger partial charge is 0.119 e. The van der Waals surface area contributed by atoms with Gasteiger partial charge in [-0.05, 0) is 17.0 Å². The number of para-hydroxylation sites is 1. The number of aromatic nitrogens is 1. The summed E-state index contributed by atoms with van der Waals surface area (Å²) in [5, 5.41) is 1.35. The van der Waals surface area contributed by atoms with Crippen molar-refractivity contribution in [2.75, 3.05) is 6.61 Å². The van der Waals surface area contributed by atoms with Crippen LogP contribution in [0.2, 0.25) is 0 Å². The van der Waals surface area contributed by atoms with E-state index in [0.29, 0.717) is 5.92 Å². The number of rotatable bonds is 1. The van der Waals surface area contributed by atoms with Crippen LogP contribution in [0.25, 0.3) is 10.9 Å². The first kappa shape index (κ1) is 8.84. The highest BCUT2D eigenvalue weighted by molar-refractivity contribution is 5.87. The largest absolute Gasteiger partial charge is 0.413 e. The molecule has 2 heterocycles. The van der Waals surface area contributed by atoms with Crippen LogP contribution in [0.1, 0.15) is 30.9 Å². The fourth-order valence-electron chi connectivity index (χ4n) is 2.36. The Hall–Kier alpha value is -1.44. The molecule has 0 saturated heterocycles. The third-order valence-electron chi connectivity index (χ3n) is 3.13.